The summed E-state index contributed by atoms with van der Waals surface area (Å²) in [5.41, 5.74) is 1.89. The second-order valence-corrected chi connectivity index (χ2v) is 4.11. The third-order valence-corrected chi connectivity index (χ3v) is 2.76. The number of rotatable bonds is 0. The molecular weight excluding hydrogens is 331 g/mol. The molecule has 0 amide bonds. The van der Waals surface area contributed by atoms with Gasteiger partial charge in [-0.15, -0.1) is 18.1 Å². The number of aromatic amines is 2. The molecule has 0 aliphatic carbocycles. The molecule has 0 fully saturated rings. The van der Waals surface area contributed by atoms with Crippen molar-refractivity contribution >= 4 is 34.5 Å². The van der Waals surface area contributed by atoms with Crippen LogP contribution in [-0.4, -0.2) is 19.9 Å². The molecule has 0 spiro atoms. The number of nitrogens with one attached hydrogen (secondary N) is 2. The predicted octanol–water partition coefficient (Wildman–Crippen LogP) is 3.14. The molecular formula is C10H9IN6. The van der Waals surface area contributed by atoms with Crippen molar-refractivity contribution in [2.45, 2.75) is 13.8 Å². The van der Waals surface area contributed by atoms with Crippen molar-refractivity contribution < 1.29 is 0 Å². The van der Waals surface area contributed by atoms with E-state index < -0.39 is 0 Å². The highest BCUT2D eigenvalue weighted by Gasteiger charge is 2.03. The Kier molecular flexibility index (Phi) is 4.67. The summed E-state index contributed by atoms with van der Waals surface area (Å²) in [6, 6.07) is 0. The molecule has 0 aliphatic heterocycles. The van der Waals surface area contributed by atoms with E-state index in [1.54, 1.807) is 6.20 Å². The SMILES string of the molecule is [C-]#[N+]c1nc(I)c(C)[nH]1.[C-]#[N+]c1ncc(C)[nH]1. The van der Waals surface area contributed by atoms with Gasteiger partial charge in [-0.1, -0.05) is 0 Å². The average Bonchev–Trinajstić information content (AvgIpc) is 2.87. The lowest BCUT2D eigenvalue weighted by molar-refractivity contribution is 1.27. The zero-order valence-corrected chi connectivity index (χ0v) is 11.4. The molecule has 86 valence electrons. The quantitative estimate of drug-likeness (QED) is 0.572. The first-order chi connectivity index (χ1) is 8.06. The molecule has 2 heterocycles. The minimum Gasteiger partial charge on any atom is -0.397 e. The summed E-state index contributed by atoms with van der Waals surface area (Å²) in [6.45, 7) is 16.8. The molecule has 6 nitrogen and oxygen atoms in total. The van der Waals surface area contributed by atoms with Crippen LogP contribution in [0, 0.1) is 30.7 Å². The Hall–Kier alpha value is -1.87. The maximum Gasteiger partial charge on any atom is 0.337 e. The number of nitrogens with zero attached hydrogens (tertiary/aromatic N) is 4. The number of hydrogen-bond donors (Lipinski definition) is 2. The number of halogens is 1. The lowest BCUT2D eigenvalue weighted by atomic mass is 10.6. The minimum absolute atomic E-state index is 0.363. The third-order valence-electron chi connectivity index (χ3n) is 1.71. The summed E-state index contributed by atoms with van der Waals surface area (Å²) in [6.07, 6.45) is 1.63. The molecule has 0 atom stereocenters. The summed E-state index contributed by atoms with van der Waals surface area (Å²) in [4.78, 5) is 19.4. The van der Waals surface area contributed by atoms with Crippen LogP contribution in [0.15, 0.2) is 6.20 Å². The molecule has 0 bridgehead atoms. The van der Waals surface area contributed by atoms with E-state index in [1.165, 1.54) is 0 Å². The fourth-order valence-corrected chi connectivity index (χ4v) is 1.30. The van der Waals surface area contributed by atoms with E-state index in [4.69, 9.17) is 13.1 Å². The highest BCUT2D eigenvalue weighted by atomic mass is 127. The molecule has 0 unspecified atom stereocenters. The largest absolute Gasteiger partial charge is 0.397 e. The number of H-pyrrole nitrogens is 2. The van der Waals surface area contributed by atoms with E-state index in [-0.39, 0.29) is 0 Å². The van der Waals surface area contributed by atoms with Crippen LogP contribution in [0.4, 0.5) is 11.9 Å². The van der Waals surface area contributed by atoms with Crippen molar-refractivity contribution in [3.63, 3.8) is 0 Å². The highest BCUT2D eigenvalue weighted by Crippen LogP contribution is 2.12. The van der Waals surface area contributed by atoms with Crippen molar-refractivity contribution in [3.05, 3.63) is 44.1 Å². The van der Waals surface area contributed by atoms with Crippen molar-refractivity contribution in [3.8, 4) is 0 Å². The lowest BCUT2D eigenvalue weighted by Crippen LogP contribution is -1.70. The van der Waals surface area contributed by atoms with Gasteiger partial charge in [0.25, 0.3) is 0 Å². The fourth-order valence-electron chi connectivity index (χ4n) is 0.933. The number of hydrogen-bond acceptors (Lipinski definition) is 2. The van der Waals surface area contributed by atoms with Gasteiger partial charge in [0.2, 0.25) is 0 Å². The summed E-state index contributed by atoms with van der Waals surface area (Å²) < 4.78 is 0.874. The maximum atomic E-state index is 6.58. The Labute approximate surface area is 112 Å². The number of imidazole rings is 2. The van der Waals surface area contributed by atoms with Gasteiger partial charge in [0.05, 0.1) is 5.69 Å². The number of aromatic nitrogens is 4. The molecule has 0 saturated carbocycles. The summed E-state index contributed by atoms with van der Waals surface area (Å²) in [7, 11) is 0. The molecule has 0 radical (unpaired) electrons. The topological polar surface area (TPSA) is 66.1 Å². The first-order valence-corrected chi connectivity index (χ1v) is 5.63. The van der Waals surface area contributed by atoms with Crippen LogP contribution in [0.5, 0.6) is 0 Å². The summed E-state index contributed by atoms with van der Waals surface area (Å²) >= 11 is 2.08. The predicted molar refractivity (Wildman–Crippen MR) is 71.9 cm³/mol. The van der Waals surface area contributed by atoms with E-state index >= 15 is 0 Å². The molecule has 2 aromatic heterocycles. The fraction of sp³-hybridized carbons (Fsp3) is 0.200. The molecule has 17 heavy (non-hydrogen) atoms. The van der Waals surface area contributed by atoms with Crippen LogP contribution in [0.25, 0.3) is 9.69 Å². The van der Waals surface area contributed by atoms with Crippen LogP contribution in [0.1, 0.15) is 11.4 Å². The van der Waals surface area contributed by atoms with Gasteiger partial charge in [-0.25, -0.2) is 0 Å². The van der Waals surface area contributed by atoms with Gasteiger partial charge >= 0.3 is 11.9 Å². The Morgan fingerprint density at radius 1 is 1.18 bits per heavy atom. The Balaban J connectivity index is 0.000000171. The van der Waals surface area contributed by atoms with Crippen molar-refractivity contribution in [1.29, 1.82) is 0 Å². The monoisotopic (exact) mass is 340 g/mol. The number of aryl methyl sites for hydroxylation is 2. The summed E-state index contributed by atoms with van der Waals surface area (Å²) in [5.74, 6) is 0.736. The van der Waals surface area contributed by atoms with E-state index in [2.05, 4.69) is 52.2 Å². The zero-order valence-electron chi connectivity index (χ0n) is 9.24. The molecule has 2 aromatic rings. The van der Waals surface area contributed by atoms with Crippen molar-refractivity contribution in [2.24, 2.45) is 0 Å². The minimum atomic E-state index is 0.363. The van der Waals surface area contributed by atoms with Gasteiger partial charge in [0.1, 0.15) is 11.9 Å². The molecule has 2 N–H and O–H groups in total. The Morgan fingerprint density at radius 3 is 2.06 bits per heavy atom. The van der Waals surface area contributed by atoms with Gasteiger partial charge in [-0.05, 0) is 13.8 Å². The smallest absolute Gasteiger partial charge is 0.337 e. The van der Waals surface area contributed by atoms with Crippen LogP contribution >= 0.6 is 22.6 Å². The normalized spacial score (nSPS) is 8.76. The second kappa shape index (κ2) is 6.01. The van der Waals surface area contributed by atoms with Gasteiger partial charge in [-0.3, -0.25) is 0 Å². The molecule has 0 aliphatic rings. The molecule has 0 saturated heterocycles. The van der Waals surface area contributed by atoms with Gasteiger partial charge in [0, 0.05) is 22.6 Å². The maximum absolute atomic E-state index is 6.58. The van der Waals surface area contributed by atoms with E-state index in [1.807, 2.05) is 13.8 Å². The molecule has 7 heteroatoms. The summed E-state index contributed by atoms with van der Waals surface area (Å²) in [5, 5.41) is 0. The van der Waals surface area contributed by atoms with Crippen LogP contribution < -0.4 is 0 Å². The van der Waals surface area contributed by atoms with Gasteiger partial charge in [0.15, 0.2) is 3.70 Å². The van der Waals surface area contributed by atoms with Crippen molar-refractivity contribution in [1.82, 2.24) is 19.9 Å². The Morgan fingerprint density at radius 2 is 1.82 bits per heavy atom. The standard InChI is InChI=1S/C5H4IN3.C5H5N3/c1-3-4(6)9-5(7-2)8-3;1-4-3-7-5(6-2)8-4/h1H3,(H,8,9);3H,1H3,(H,7,8). The lowest BCUT2D eigenvalue weighted by Gasteiger charge is -1.74. The molecule has 2 rings (SSSR count). The highest BCUT2D eigenvalue weighted by molar-refractivity contribution is 14.1. The van der Waals surface area contributed by atoms with Crippen LogP contribution in [0.3, 0.4) is 0 Å². The van der Waals surface area contributed by atoms with Gasteiger partial charge in [-0.2, -0.15) is 4.98 Å². The van der Waals surface area contributed by atoms with Crippen LogP contribution in [-0.2, 0) is 0 Å². The first-order valence-electron chi connectivity index (χ1n) is 4.55. The average molecular weight is 340 g/mol. The van der Waals surface area contributed by atoms with Gasteiger partial charge < -0.3 is 19.7 Å². The van der Waals surface area contributed by atoms with Crippen molar-refractivity contribution in [2.75, 3.05) is 0 Å². The first kappa shape index (κ1) is 13.2. The van der Waals surface area contributed by atoms with E-state index in [9.17, 15) is 0 Å². The third kappa shape index (κ3) is 3.89. The molecule has 0 aromatic carbocycles. The van der Waals surface area contributed by atoms with E-state index in [0.717, 1.165) is 15.1 Å². The van der Waals surface area contributed by atoms with E-state index in [0.29, 0.717) is 11.9 Å². The zero-order chi connectivity index (χ0) is 12.8. The van der Waals surface area contributed by atoms with Crippen LogP contribution in [0.2, 0.25) is 0 Å². The second-order valence-electron chi connectivity index (χ2n) is 3.09. The Bertz CT molecular complexity index is 563.